The van der Waals surface area contributed by atoms with E-state index in [9.17, 15) is 9.59 Å². The first-order valence-electron chi connectivity index (χ1n) is 4.93. The SMILES string of the molecule is CCOC(=O)Oc1csc(OC(=O)OCC)c1. The summed E-state index contributed by atoms with van der Waals surface area (Å²) in [7, 11) is 0. The lowest BCUT2D eigenvalue weighted by molar-refractivity contribution is 0.104. The van der Waals surface area contributed by atoms with Gasteiger partial charge in [-0.15, -0.1) is 11.3 Å². The van der Waals surface area contributed by atoms with Crippen LogP contribution in [-0.4, -0.2) is 25.5 Å². The quantitative estimate of drug-likeness (QED) is 0.775. The fourth-order valence-electron chi connectivity index (χ4n) is 0.880. The summed E-state index contributed by atoms with van der Waals surface area (Å²) in [5.41, 5.74) is 0. The van der Waals surface area contributed by atoms with Gasteiger partial charge in [-0.1, -0.05) is 0 Å². The molecule has 7 heteroatoms. The van der Waals surface area contributed by atoms with Crippen LogP contribution in [0.1, 0.15) is 13.8 Å². The van der Waals surface area contributed by atoms with E-state index in [0.29, 0.717) is 0 Å². The Morgan fingerprint density at radius 2 is 1.71 bits per heavy atom. The van der Waals surface area contributed by atoms with Crippen LogP contribution in [0.2, 0.25) is 0 Å². The molecule has 0 saturated heterocycles. The van der Waals surface area contributed by atoms with Crippen molar-refractivity contribution < 1.29 is 28.5 Å². The third-order valence-electron chi connectivity index (χ3n) is 1.46. The average Bonchev–Trinajstić information content (AvgIpc) is 2.66. The lowest BCUT2D eigenvalue weighted by Gasteiger charge is -2.01. The maximum absolute atomic E-state index is 11.0. The molecule has 0 atom stereocenters. The molecule has 0 aliphatic rings. The highest BCUT2D eigenvalue weighted by Gasteiger charge is 2.11. The van der Waals surface area contributed by atoms with Gasteiger partial charge in [0.05, 0.1) is 13.2 Å². The van der Waals surface area contributed by atoms with Crippen molar-refractivity contribution in [3.63, 3.8) is 0 Å². The Morgan fingerprint density at radius 3 is 2.29 bits per heavy atom. The van der Waals surface area contributed by atoms with Gasteiger partial charge < -0.3 is 18.9 Å². The van der Waals surface area contributed by atoms with Gasteiger partial charge in [-0.25, -0.2) is 9.59 Å². The van der Waals surface area contributed by atoms with Crippen LogP contribution in [0.3, 0.4) is 0 Å². The summed E-state index contributed by atoms with van der Waals surface area (Å²) in [6.45, 7) is 3.81. The van der Waals surface area contributed by atoms with E-state index in [4.69, 9.17) is 9.47 Å². The van der Waals surface area contributed by atoms with Crippen LogP contribution >= 0.6 is 11.3 Å². The molecule has 1 heterocycles. The molecular weight excluding hydrogens is 248 g/mol. The number of carbonyl (C=O) groups excluding carboxylic acids is 2. The first-order valence-corrected chi connectivity index (χ1v) is 5.81. The van der Waals surface area contributed by atoms with Gasteiger partial charge in [-0.05, 0) is 13.8 Å². The van der Waals surface area contributed by atoms with E-state index < -0.39 is 12.3 Å². The van der Waals surface area contributed by atoms with Crippen LogP contribution in [0.15, 0.2) is 11.4 Å². The number of rotatable bonds is 4. The third kappa shape index (κ3) is 4.73. The molecule has 0 fully saturated rings. The van der Waals surface area contributed by atoms with Crippen molar-refractivity contribution in [1.29, 1.82) is 0 Å². The second kappa shape index (κ2) is 6.74. The second-order valence-corrected chi connectivity index (χ2v) is 3.55. The van der Waals surface area contributed by atoms with Crippen molar-refractivity contribution in [3.05, 3.63) is 11.4 Å². The van der Waals surface area contributed by atoms with Gasteiger partial charge in [0.25, 0.3) is 0 Å². The standard InChI is InChI=1S/C10H12O6S/c1-3-13-9(11)15-7-5-8(17-6-7)16-10(12)14-4-2/h5-6H,3-4H2,1-2H3. The molecule has 1 aromatic heterocycles. The minimum absolute atomic E-state index is 0.231. The summed E-state index contributed by atoms with van der Waals surface area (Å²) >= 11 is 1.11. The number of hydrogen-bond donors (Lipinski definition) is 0. The highest BCUT2D eigenvalue weighted by Crippen LogP contribution is 2.29. The van der Waals surface area contributed by atoms with E-state index in [1.54, 1.807) is 13.8 Å². The van der Waals surface area contributed by atoms with Gasteiger partial charge in [0.15, 0.2) is 5.06 Å². The van der Waals surface area contributed by atoms with Crippen LogP contribution in [0, 0.1) is 0 Å². The Bertz CT molecular complexity index is 351. The summed E-state index contributed by atoms with van der Waals surface area (Å²) in [5, 5.41) is 1.80. The smallest absolute Gasteiger partial charge is 0.434 e. The van der Waals surface area contributed by atoms with Crippen molar-refractivity contribution >= 4 is 23.6 Å². The Kier molecular flexibility index (Phi) is 5.28. The molecule has 0 N–H and O–H groups in total. The first kappa shape index (κ1) is 13.3. The van der Waals surface area contributed by atoms with Crippen LogP contribution in [0.4, 0.5) is 9.59 Å². The van der Waals surface area contributed by atoms with Crippen molar-refractivity contribution in [2.75, 3.05) is 13.2 Å². The zero-order valence-electron chi connectivity index (χ0n) is 9.43. The molecule has 6 nitrogen and oxygen atoms in total. The Hall–Kier alpha value is -1.76. The summed E-state index contributed by atoms with van der Waals surface area (Å²) < 4.78 is 18.8. The Labute approximate surface area is 102 Å². The Morgan fingerprint density at radius 1 is 1.12 bits per heavy atom. The normalized spacial score (nSPS) is 9.53. The highest BCUT2D eigenvalue weighted by atomic mass is 32.1. The number of ether oxygens (including phenoxy) is 4. The van der Waals surface area contributed by atoms with E-state index in [-0.39, 0.29) is 24.0 Å². The summed E-state index contributed by atoms with van der Waals surface area (Å²) in [6.07, 6.45) is -1.59. The monoisotopic (exact) mass is 260 g/mol. The van der Waals surface area contributed by atoms with Crippen LogP contribution in [-0.2, 0) is 9.47 Å². The van der Waals surface area contributed by atoms with E-state index in [1.807, 2.05) is 0 Å². The molecule has 0 saturated carbocycles. The zero-order chi connectivity index (χ0) is 12.7. The summed E-state index contributed by atoms with van der Waals surface area (Å²) in [4.78, 5) is 22.0. The summed E-state index contributed by atoms with van der Waals surface area (Å²) in [6, 6.07) is 1.40. The Balaban J connectivity index is 2.47. The molecular formula is C10H12O6S. The molecule has 1 rings (SSSR count). The van der Waals surface area contributed by atoms with Gasteiger partial charge in [0.1, 0.15) is 5.75 Å². The minimum Gasteiger partial charge on any atom is -0.434 e. The van der Waals surface area contributed by atoms with Gasteiger partial charge in [0, 0.05) is 11.4 Å². The lowest BCUT2D eigenvalue weighted by Crippen LogP contribution is -2.10. The molecule has 0 amide bonds. The van der Waals surface area contributed by atoms with E-state index in [2.05, 4.69) is 9.47 Å². The first-order chi connectivity index (χ1) is 8.15. The molecule has 17 heavy (non-hydrogen) atoms. The predicted octanol–water partition coefficient (Wildman–Crippen LogP) is 2.82. The average molecular weight is 260 g/mol. The molecule has 0 spiro atoms. The van der Waals surface area contributed by atoms with Crippen molar-refractivity contribution in [3.8, 4) is 10.8 Å². The van der Waals surface area contributed by atoms with E-state index >= 15 is 0 Å². The molecule has 0 aromatic carbocycles. The zero-order valence-corrected chi connectivity index (χ0v) is 10.2. The fourth-order valence-corrected chi connectivity index (χ4v) is 1.53. The predicted molar refractivity (Wildman–Crippen MR) is 59.6 cm³/mol. The number of hydrogen-bond acceptors (Lipinski definition) is 7. The molecule has 0 aliphatic heterocycles. The highest BCUT2D eigenvalue weighted by molar-refractivity contribution is 7.12. The topological polar surface area (TPSA) is 71.1 Å². The molecule has 94 valence electrons. The van der Waals surface area contributed by atoms with Crippen LogP contribution in [0.5, 0.6) is 10.8 Å². The van der Waals surface area contributed by atoms with Crippen molar-refractivity contribution in [2.45, 2.75) is 13.8 Å². The maximum atomic E-state index is 11.0. The van der Waals surface area contributed by atoms with Gasteiger partial charge >= 0.3 is 12.3 Å². The summed E-state index contributed by atoms with van der Waals surface area (Å²) in [5.74, 6) is 0.257. The number of carbonyl (C=O) groups is 2. The largest absolute Gasteiger partial charge is 0.514 e. The van der Waals surface area contributed by atoms with Gasteiger partial charge in [-0.3, -0.25) is 0 Å². The van der Waals surface area contributed by atoms with Gasteiger partial charge in [0.2, 0.25) is 0 Å². The van der Waals surface area contributed by atoms with Crippen molar-refractivity contribution in [2.24, 2.45) is 0 Å². The van der Waals surface area contributed by atoms with E-state index in [0.717, 1.165) is 11.3 Å². The molecule has 0 unspecified atom stereocenters. The van der Waals surface area contributed by atoms with Crippen molar-refractivity contribution in [1.82, 2.24) is 0 Å². The minimum atomic E-state index is -0.798. The third-order valence-corrected chi connectivity index (χ3v) is 2.24. The fraction of sp³-hybridized carbons (Fsp3) is 0.400. The molecule has 0 aliphatic carbocycles. The molecule has 1 aromatic rings. The number of thiophene rings is 1. The second-order valence-electron chi connectivity index (χ2n) is 2.67. The van der Waals surface area contributed by atoms with Crippen LogP contribution < -0.4 is 9.47 Å². The molecule has 0 bridgehead atoms. The van der Waals surface area contributed by atoms with E-state index in [1.165, 1.54) is 11.4 Å². The molecule has 0 radical (unpaired) electrons. The van der Waals surface area contributed by atoms with Gasteiger partial charge in [-0.2, -0.15) is 0 Å². The maximum Gasteiger partial charge on any atom is 0.514 e. The van der Waals surface area contributed by atoms with Crippen LogP contribution in [0.25, 0.3) is 0 Å². The lowest BCUT2D eigenvalue weighted by atomic mass is 10.6.